The number of aromatic nitrogens is 2. The lowest BCUT2D eigenvalue weighted by Crippen LogP contribution is -2.35. The molecule has 10 heteroatoms. The lowest BCUT2D eigenvalue weighted by atomic mass is 10.1. The number of benzene rings is 1. The molecule has 1 amide bonds. The molecule has 0 aliphatic carbocycles. The molecule has 28 heavy (non-hydrogen) atoms. The van der Waals surface area contributed by atoms with Crippen molar-refractivity contribution in [3.63, 3.8) is 0 Å². The summed E-state index contributed by atoms with van der Waals surface area (Å²) in [6.07, 6.45) is -4.33. The van der Waals surface area contributed by atoms with Crippen LogP contribution in [0.4, 0.5) is 23.7 Å². The summed E-state index contributed by atoms with van der Waals surface area (Å²) in [7, 11) is 0. The molecule has 1 aromatic heterocycles. The van der Waals surface area contributed by atoms with Crippen molar-refractivity contribution in [2.75, 3.05) is 11.4 Å². The summed E-state index contributed by atoms with van der Waals surface area (Å²) in [6, 6.07) is 4.59. The number of rotatable bonds is 2. The van der Waals surface area contributed by atoms with E-state index < -0.39 is 34.4 Å². The first-order valence-electron chi connectivity index (χ1n) is 8.38. The van der Waals surface area contributed by atoms with Crippen LogP contribution in [0.3, 0.4) is 0 Å². The van der Waals surface area contributed by atoms with E-state index in [1.54, 1.807) is 26.8 Å². The van der Waals surface area contributed by atoms with E-state index >= 15 is 0 Å². The van der Waals surface area contributed by atoms with Gasteiger partial charge in [0.1, 0.15) is 5.60 Å². The van der Waals surface area contributed by atoms with Gasteiger partial charge in [0.05, 0.1) is 23.1 Å². The number of hydrogen-bond donors (Lipinski definition) is 0. The highest BCUT2D eigenvalue weighted by Crippen LogP contribution is 2.38. The molecule has 1 aliphatic heterocycles. The molecule has 0 saturated carbocycles. The van der Waals surface area contributed by atoms with Crippen LogP contribution in [0.15, 0.2) is 24.4 Å². The Balaban J connectivity index is 2.09. The predicted octanol–water partition coefficient (Wildman–Crippen LogP) is 4.57. The topological polar surface area (TPSA) is 64.4 Å². The number of carbonyl (C=O) groups is 2. The van der Waals surface area contributed by atoms with Crippen LogP contribution in [0.1, 0.15) is 42.4 Å². The Morgan fingerprint density at radius 3 is 2.39 bits per heavy atom. The van der Waals surface area contributed by atoms with E-state index in [9.17, 15) is 22.8 Å². The fraction of sp³-hybridized carbons (Fsp3) is 0.389. The van der Waals surface area contributed by atoms with E-state index in [1.807, 2.05) is 0 Å². The first-order valence-corrected chi connectivity index (χ1v) is 8.76. The zero-order chi connectivity index (χ0) is 20.9. The van der Waals surface area contributed by atoms with Crippen molar-refractivity contribution in [3.05, 3.63) is 41.2 Å². The summed E-state index contributed by atoms with van der Waals surface area (Å²) in [5, 5.41) is 2.49. The second kappa shape index (κ2) is 6.80. The van der Waals surface area contributed by atoms with Crippen LogP contribution in [-0.2, 0) is 17.3 Å². The van der Waals surface area contributed by atoms with Gasteiger partial charge in [-0.3, -0.25) is 9.69 Å². The van der Waals surface area contributed by atoms with Gasteiger partial charge in [-0.2, -0.15) is 18.3 Å². The van der Waals surface area contributed by atoms with E-state index in [2.05, 4.69) is 5.10 Å². The smallest absolute Gasteiger partial charge is 0.434 e. The van der Waals surface area contributed by atoms with Crippen molar-refractivity contribution in [3.8, 4) is 5.69 Å². The van der Waals surface area contributed by atoms with E-state index in [1.165, 1.54) is 17.0 Å². The lowest BCUT2D eigenvalue weighted by molar-refractivity contribution is -0.143. The molecule has 0 unspecified atom stereocenters. The van der Waals surface area contributed by atoms with Crippen LogP contribution in [0.5, 0.6) is 0 Å². The molecule has 2 aromatic rings. The second-order valence-corrected chi connectivity index (χ2v) is 7.59. The zero-order valence-corrected chi connectivity index (χ0v) is 16.1. The molecule has 1 aromatic carbocycles. The van der Waals surface area contributed by atoms with Gasteiger partial charge in [0.15, 0.2) is 5.69 Å². The van der Waals surface area contributed by atoms with Crippen LogP contribution in [-0.4, -0.2) is 33.3 Å². The molecule has 3 rings (SSSR count). The highest BCUT2D eigenvalue weighted by atomic mass is 35.5. The van der Waals surface area contributed by atoms with Gasteiger partial charge in [-0.25, -0.2) is 9.48 Å². The zero-order valence-electron chi connectivity index (χ0n) is 15.3. The van der Waals surface area contributed by atoms with Gasteiger partial charge < -0.3 is 4.74 Å². The molecule has 0 atom stereocenters. The van der Waals surface area contributed by atoms with Gasteiger partial charge in [-0.1, -0.05) is 6.07 Å². The van der Waals surface area contributed by atoms with Crippen LogP contribution < -0.4 is 4.90 Å². The molecular weight excluding hydrogens is 399 g/mol. The Morgan fingerprint density at radius 1 is 1.18 bits per heavy atom. The number of anilines is 1. The largest absolute Gasteiger partial charge is 0.443 e. The maximum absolute atomic E-state index is 13.6. The SMILES string of the molecule is CC(C)(C)OC(=O)N1CCc2c1cccc2-n1ncc(C(=O)Cl)c1C(F)(F)F. The van der Waals surface area contributed by atoms with Gasteiger partial charge in [-0.15, -0.1) is 0 Å². The normalized spacial score (nSPS) is 14.2. The highest BCUT2D eigenvalue weighted by Gasteiger charge is 2.41. The van der Waals surface area contributed by atoms with Gasteiger partial charge >= 0.3 is 12.3 Å². The molecule has 0 N–H and O–H groups in total. The minimum atomic E-state index is -4.84. The fourth-order valence-electron chi connectivity index (χ4n) is 3.07. The van der Waals surface area contributed by atoms with E-state index in [-0.39, 0.29) is 12.2 Å². The van der Waals surface area contributed by atoms with E-state index in [0.29, 0.717) is 22.4 Å². The molecule has 0 fully saturated rings. The fourth-order valence-corrected chi connectivity index (χ4v) is 3.21. The summed E-state index contributed by atoms with van der Waals surface area (Å²) >= 11 is 5.30. The molecule has 6 nitrogen and oxygen atoms in total. The van der Waals surface area contributed by atoms with Gasteiger partial charge in [0.2, 0.25) is 0 Å². The average Bonchev–Trinajstić information content (AvgIpc) is 3.17. The van der Waals surface area contributed by atoms with Crippen LogP contribution in [0.2, 0.25) is 0 Å². The van der Waals surface area contributed by atoms with Crippen molar-refractivity contribution in [1.29, 1.82) is 0 Å². The van der Waals surface area contributed by atoms with E-state index in [4.69, 9.17) is 16.3 Å². The first-order chi connectivity index (χ1) is 12.9. The van der Waals surface area contributed by atoms with Crippen LogP contribution in [0.25, 0.3) is 5.69 Å². The van der Waals surface area contributed by atoms with Crippen LogP contribution in [0, 0.1) is 0 Å². The minimum absolute atomic E-state index is 0.125. The third kappa shape index (κ3) is 3.71. The molecule has 0 spiro atoms. The number of carbonyl (C=O) groups excluding carboxylic acids is 2. The monoisotopic (exact) mass is 415 g/mol. The number of halogens is 4. The third-order valence-corrected chi connectivity index (χ3v) is 4.30. The molecular formula is C18H17ClF3N3O3. The maximum atomic E-state index is 13.6. The number of fused-ring (bicyclic) bond motifs is 1. The molecule has 0 radical (unpaired) electrons. The quantitative estimate of drug-likeness (QED) is 0.674. The Labute approximate surface area is 163 Å². The van der Waals surface area contributed by atoms with Crippen molar-refractivity contribution < 1.29 is 27.5 Å². The summed E-state index contributed by atoms with van der Waals surface area (Å²) < 4.78 is 46.7. The summed E-state index contributed by atoms with van der Waals surface area (Å²) in [4.78, 5) is 25.2. The molecule has 2 heterocycles. The summed E-state index contributed by atoms with van der Waals surface area (Å²) in [5.41, 5.74) is -1.63. The van der Waals surface area contributed by atoms with Gasteiger partial charge in [0.25, 0.3) is 5.24 Å². The van der Waals surface area contributed by atoms with Gasteiger partial charge in [-0.05, 0) is 50.9 Å². The number of ether oxygens (including phenoxy) is 1. The Hall–Kier alpha value is -2.55. The standard InChI is InChI=1S/C18H17ClF3N3O3/c1-17(2,3)28-16(27)24-8-7-10-12(24)5-4-6-13(10)25-14(18(20,21)22)11(9-23-25)15(19)26/h4-6,9H,7-8H2,1-3H3. The first kappa shape index (κ1) is 20.2. The molecule has 150 valence electrons. The molecule has 0 bridgehead atoms. The lowest BCUT2D eigenvalue weighted by Gasteiger charge is -2.25. The second-order valence-electron chi connectivity index (χ2n) is 7.25. The summed E-state index contributed by atoms with van der Waals surface area (Å²) in [5.74, 6) is 0. The van der Waals surface area contributed by atoms with Crippen molar-refractivity contribution in [2.45, 2.75) is 39.0 Å². The Morgan fingerprint density at radius 2 is 1.82 bits per heavy atom. The Bertz CT molecular complexity index is 948. The molecule has 1 aliphatic rings. The Kier molecular flexibility index (Phi) is 4.91. The molecule has 0 saturated heterocycles. The van der Waals surface area contributed by atoms with Crippen LogP contribution >= 0.6 is 11.6 Å². The van der Waals surface area contributed by atoms with Crippen molar-refractivity contribution in [1.82, 2.24) is 9.78 Å². The third-order valence-electron chi connectivity index (χ3n) is 4.09. The number of alkyl halides is 3. The highest BCUT2D eigenvalue weighted by molar-refractivity contribution is 6.67. The number of nitrogens with zero attached hydrogens (tertiary/aromatic N) is 3. The van der Waals surface area contributed by atoms with Gasteiger partial charge in [0, 0.05) is 12.1 Å². The van der Waals surface area contributed by atoms with Crippen molar-refractivity contribution >= 4 is 28.6 Å². The maximum Gasteiger partial charge on any atom is 0.434 e. The predicted molar refractivity (Wildman–Crippen MR) is 96.0 cm³/mol. The minimum Gasteiger partial charge on any atom is -0.443 e. The number of amides is 1. The number of hydrogen-bond acceptors (Lipinski definition) is 4. The van der Waals surface area contributed by atoms with E-state index in [0.717, 1.165) is 6.20 Å². The van der Waals surface area contributed by atoms with Crippen molar-refractivity contribution in [2.24, 2.45) is 0 Å². The summed E-state index contributed by atoms with van der Waals surface area (Å²) in [6.45, 7) is 5.43. The average molecular weight is 416 g/mol.